The fourth-order valence-electron chi connectivity index (χ4n) is 0.706. The van der Waals surface area contributed by atoms with Gasteiger partial charge in [-0.25, -0.2) is 0 Å². The van der Waals surface area contributed by atoms with Gasteiger partial charge < -0.3 is 5.32 Å². The second kappa shape index (κ2) is 6.11. The molecule has 0 aliphatic carbocycles. The molecule has 9 heavy (non-hydrogen) atoms. The summed E-state index contributed by atoms with van der Waals surface area (Å²) >= 11 is 3.53. The van der Waals surface area contributed by atoms with E-state index in [1.807, 2.05) is 0 Å². The van der Waals surface area contributed by atoms with Crippen LogP contribution in [0, 0.1) is 0 Å². The van der Waals surface area contributed by atoms with E-state index >= 15 is 0 Å². The molecule has 0 spiro atoms. The summed E-state index contributed by atoms with van der Waals surface area (Å²) < 4.78 is 0. The molecule has 0 aromatic carbocycles. The molecule has 0 radical (unpaired) electrons. The van der Waals surface area contributed by atoms with Gasteiger partial charge in [-0.05, 0) is 6.26 Å². The van der Waals surface area contributed by atoms with Crippen LogP contribution in [0.5, 0.6) is 0 Å². The average molecular weight is 147 g/mol. The molecule has 0 saturated carbocycles. The van der Waals surface area contributed by atoms with Gasteiger partial charge in [-0.15, -0.1) is 0 Å². The zero-order chi connectivity index (χ0) is 7.11. The van der Waals surface area contributed by atoms with Crippen molar-refractivity contribution < 1.29 is 4.79 Å². The first-order chi connectivity index (χ1) is 4.39. The first kappa shape index (κ1) is 8.98. The lowest BCUT2D eigenvalue weighted by Crippen LogP contribution is -2.27. The minimum absolute atomic E-state index is 0.402. The maximum absolute atomic E-state index is 10.4. The van der Waals surface area contributed by atoms with Crippen LogP contribution in [0.4, 0.5) is 0 Å². The Kier molecular flexibility index (Phi) is 6.09. The Bertz CT molecular complexity index is 77.1. The molecule has 1 rings (SSSR count). The summed E-state index contributed by atoms with van der Waals surface area (Å²) in [5.74, 6) is 0.402. The van der Waals surface area contributed by atoms with Crippen molar-refractivity contribution in [3.05, 3.63) is 0 Å². The van der Waals surface area contributed by atoms with E-state index in [1.54, 1.807) is 6.26 Å². The van der Waals surface area contributed by atoms with Gasteiger partial charge in [0.1, 0.15) is 5.78 Å². The third kappa shape index (κ3) is 4.48. The molecule has 0 aromatic rings. The third-order valence-corrected chi connectivity index (χ3v) is 1.16. The molecule has 1 saturated heterocycles. The predicted molar refractivity (Wildman–Crippen MR) is 42.0 cm³/mol. The topological polar surface area (TPSA) is 29.1 Å². The Morgan fingerprint density at radius 3 is 2.00 bits per heavy atom. The molecule has 0 amide bonds. The number of rotatable bonds is 0. The van der Waals surface area contributed by atoms with Gasteiger partial charge in [0.25, 0.3) is 0 Å². The molecule has 0 aromatic heterocycles. The number of hydrogen-bond acceptors (Lipinski definition) is 3. The van der Waals surface area contributed by atoms with E-state index in [1.165, 1.54) is 0 Å². The number of Topliss-reactive ketones (excluding diaryl/α,β-unsaturated/α-hetero) is 1. The molecule has 54 valence electrons. The van der Waals surface area contributed by atoms with Gasteiger partial charge in [0.05, 0.1) is 0 Å². The molecular weight excluding hydrogens is 134 g/mol. The minimum Gasteiger partial charge on any atom is -0.316 e. The number of ketones is 1. The first-order valence-electron chi connectivity index (χ1n) is 3.07. The van der Waals surface area contributed by atoms with Gasteiger partial charge >= 0.3 is 0 Å². The predicted octanol–water partition coefficient (Wildman–Crippen LogP) is 0.485. The summed E-state index contributed by atoms with van der Waals surface area (Å²) in [7, 11) is 0. The number of thiol groups is 1. The molecule has 0 atom stereocenters. The van der Waals surface area contributed by atoms with E-state index in [0.717, 1.165) is 25.9 Å². The fraction of sp³-hybridized carbons (Fsp3) is 0.833. The summed E-state index contributed by atoms with van der Waals surface area (Å²) in [4.78, 5) is 10.4. The largest absolute Gasteiger partial charge is 0.316 e. The van der Waals surface area contributed by atoms with Gasteiger partial charge in [0.15, 0.2) is 0 Å². The van der Waals surface area contributed by atoms with Crippen LogP contribution < -0.4 is 5.32 Å². The number of carbonyl (C=O) groups excluding carboxylic acids is 1. The van der Waals surface area contributed by atoms with Crippen molar-refractivity contribution in [3.8, 4) is 0 Å². The Hall–Kier alpha value is -0.0200. The summed E-state index contributed by atoms with van der Waals surface area (Å²) in [6.45, 7) is 1.78. The minimum atomic E-state index is 0.402. The van der Waals surface area contributed by atoms with Crippen molar-refractivity contribution in [3.63, 3.8) is 0 Å². The van der Waals surface area contributed by atoms with Crippen molar-refractivity contribution in [2.45, 2.75) is 12.8 Å². The van der Waals surface area contributed by atoms with E-state index in [0.29, 0.717) is 5.78 Å². The number of carbonyl (C=O) groups is 1. The lowest BCUT2D eigenvalue weighted by atomic mass is 10.1. The van der Waals surface area contributed by atoms with Crippen LogP contribution in [0.2, 0.25) is 0 Å². The van der Waals surface area contributed by atoms with Gasteiger partial charge in [0, 0.05) is 25.9 Å². The highest BCUT2D eigenvalue weighted by Gasteiger charge is 2.04. The van der Waals surface area contributed by atoms with E-state index in [-0.39, 0.29) is 0 Å². The molecule has 0 unspecified atom stereocenters. The van der Waals surface area contributed by atoms with Gasteiger partial charge in [-0.1, -0.05) is 0 Å². The quantitative estimate of drug-likeness (QED) is 0.488. The Balaban J connectivity index is 0.000000291. The molecule has 0 bridgehead atoms. The summed E-state index contributed by atoms with van der Waals surface area (Å²) in [5.41, 5.74) is 0. The number of nitrogens with one attached hydrogen (secondary N) is 1. The van der Waals surface area contributed by atoms with Crippen LogP contribution in [0.3, 0.4) is 0 Å². The van der Waals surface area contributed by atoms with Crippen LogP contribution in [-0.4, -0.2) is 25.1 Å². The van der Waals surface area contributed by atoms with Crippen molar-refractivity contribution in [1.29, 1.82) is 0 Å². The zero-order valence-corrected chi connectivity index (χ0v) is 6.58. The van der Waals surface area contributed by atoms with Crippen molar-refractivity contribution >= 4 is 18.4 Å². The highest BCUT2D eigenvalue weighted by atomic mass is 32.1. The van der Waals surface area contributed by atoms with Gasteiger partial charge in [-0.2, -0.15) is 12.6 Å². The van der Waals surface area contributed by atoms with Crippen LogP contribution in [-0.2, 0) is 4.79 Å². The van der Waals surface area contributed by atoms with Crippen LogP contribution in [0.1, 0.15) is 12.8 Å². The molecule has 1 aliphatic rings. The molecule has 1 N–H and O–H groups in total. The lowest BCUT2D eigenvalue weighted by molar-refractivity contribution is -0.119. The van der Waals surface area contributed by atoms with E-state index < -0.39 is 0 Å². The average Bonchev–Trinajstić information content (AvgIpc) is 1.94. The summed E-state index contributed by atoms with van der Waals surface area (Å²) in [6, 6.07) is 0. The molecule has 1 heterocycles. The normalized spacial score (nSPS) is 18.2. The van der Waals surface area contributed by atoms with Crippen molar-refractivity contribution in [1.82, 2.24) is 5.32 Å². The maximum atomic E-state index is 10.4. The molecule has 3 heteroatoms. The van der Waals surface area contributed by atoms with E-state index in [2.05, 4.69) is 17.9 Å². The van der Waals surface area contributed by atoms with Crippen molar-refractivity contribution in [2.75, 3.05) is 19.3 Å². The Morgan fingerprint density at radius 1 is 1.33 bits per heavy atom. The van der Waals surface area contributed by atoms with Gasteiger partial charge in [-0.3, -0.25) is 4.79 Å². The molecule has 1 fully saturated rings. The third-order valence-electron chi connectivity index (χ3n) is 1.16. The highest BCUT2D eigenvalue weighted by molar-refractivity contribution is 7.79. The second-order valence-electron chi connectivity index (χ2n) is 1.79. The smallest absolute Gasteiger partial charge is 0.135 e. The Morgan fingerprint density at radius 2 is 1.78 bits per heavy atom. The van der Waals surface area contributed by atoms with Crippen LogP contribution in [0.25, 0.3) is 0 Å². The molecule has 1 aliphatic heterocycles. The molecule has 2 nitrogen and oxygen atoms in total. The fourth-order valence-corrected chi connectivity index (χ4v) is 0.706. The van der Waals surface area contributed by atoms with E-state index in [9.17, 15) is 4.79 Å². The van der Waals surface area contributed by atoms with Crippen LogP contribution >= 0.6 is 12.6 Å². The van der Waals surface area contributed by atoms with Gasteiger partial charge in [0.2, 0.25) is 0 Å². The summed E-state index contributed by atoms with van der Waals surface area (Å²) in [5, 5.41) is 3.09. The van der Waals surface area contributed by atoms with Crippen LogP contribution in [0.15, 0.2) is 0 Å². The maximum Gasteiger partial charge on any atom is 0.135 e. The lowest BCUT2D eigenvalue weighted by Gasteiger charge is -2.08. The molecular formula is C6H13NOS. The standard InChI is InChI=1S/C5H9NO.CH4S/c7-5-1-3-6-4-2-5;1-2/h6H,1-4H2;2H,1H3. The number of piperidine rings is 1. The van der Waals surface area contributed by atoms with E-state index in [4.69, 9.17) is 0 Å². The zero-order valence-electron chi connectivity index (χ0n) is 5.68. The highest BCUT2D eigenvalue weighted by Crippen LogP contribution is 1.91. The number of hydrogen-bond donors (Lipinski definition) is 2. The monoisotopic (exact) mass is 147 g/mol. The second-order valence-corrected chi connectivity index (χ2v) is 1.79. The summed E-state index contributed by atoms with van der Waals surface area (Å²) in [6.07, 6.45) is 3.17. The van der Waals surface area contributed by atoms with Crippen molar-refractivity contribution in [2.24, 2.45) is 0 Å². The Labute approximate surface area is 61.4 Å². The first-order valence-corrected chi connectivity index (χ1v) is 3.96. The SMILES string of the molecule is CS.O=C1CCNCC1.